The lowest BCUT2D eigenvalue weighted by Gasteiger charge is -2.07. The van der Waals surface area contributed by atoms with E-state index in [0.717, 1.165) is 27.8 Å². The summed E-state index contributed by atoms with van der Waals surface area (Å²) in [5.74, 6) is 1.72. The molecule has 0 bridgehead atoms. The molecule has 0 atom stereocenters. The highest BCUT2D eigenvalue weighted by Gasteiger charge is 2.09. The molecule has 0 N–H and O–H groups in total. The number of nitrogens with zero attached hydrogens (tertiary/aromatic N) is 3. The second-order valence-corrected chi connectivity index (χ2v) is 6.64. The Morgan fingerprint density at radius 3 is 2.67 bits per heavy atom. The van der Waals surface area contributed by atoms with Gasteiger partial charge in [0, 0.05) is 5.75 Å². The lowest BCUT2D eigenvalue weighted by atomic mass is 10.2. The van der Waals surface area contributed by atoms with Gasteiger partial charge in [0.25, 0.3) is 0 Å². The fraction of sp³-hybridized carbons (Fsp3) is 0.158. The zero-order chi connectivity index (χ0) is 16.4. The van der Waals surface area contributed by atoms with E-state index in [1.54, 1.807) is 11.8 Å². The van der Waals surface area contributed by atoms with Gasteiger partial charge in [-0.15, -0.1) is 10.2 Å². The van der Waals surface area contributed by atoms with Crippen molar-refractivity contribution in [1.29, 1.82) is 0 Å². The topological polar surface area (TPSA) is 39.4 Å². The smallest absolute Gasteiger partial charge is 0.196 e. The molecule has 0 fully saturated rings. The molecule has 0 radical (unpaired) electrons. The standard InChI is InChI=1S/C19H17N3OS/c1-14-6-9-16(10-7-14)23-12-13-24-19-21-20-18-11-8-15-4-2-3-5-17(15)22(18)19/h2-11H,12-13H2,1H3. The largest absolute Gasteiger partial charge is 0.493 e. The van der Waals surface area contributed by atoms with Crippen LogP contribution in [-0.2, 0) is 0 Å². The van der Waals surface area contributed by atoms with E-state index in [1.807, 2.05) is 30.3 Å². The number of hydrogen-bond acceptors (Lipinski definition) is 4. The van der Waals surface area contributed by atoms with Crippen molar-refractivity contribution in [2.45, 2.75) is 12.1 Å². The van der Waals surface area contributed by atoms with E-state index in [-0.39, 0.29) is 0 Å². The highest BCUT2D eigenvalue weighted by Crippen LogP contribution is 2.23. The fourth-order valence-electron chi connectivity index (χ4n) is 2.63. The Hall–Kier alpha value is -2.53. The normalized spacial score (nSPS) is 11.2. The van der Waals surface area contributed by atoms with Gasteiger partial charge < -0.3 is 4.74 Å². The first-order valence-electron chi connectivity index (χ1n) is 7.86. The first-order valence-corrected chi connectivity index (χ1v) is 8.85. The SMILES string of the molecule is Cc1ccc(OCCSc2nnc3ccc4ccccc4n23)cc1. The van der Waals surface area contributed by atoms with Crippen LogP contribution in [0.15, 0.2) is 65.8 Å². The lowest BCUT2D eigenvalue weighted by Crippen LogP contribution is -2.01. The Morgan fingerprint density at radius 1 is 0.958 bits per heavy atom. The van der Waals surface area contributed by atoms with Crippen LogP contribution in [0.4, 0.5) is 0 Å². The quantitative estimate of drug-likeness (QED) is 0.401. The third kappa shape index (κ3) is 2.95. The van der Waals surface area contributed by atoms with Crippen molar-refractivity contribution in [3.05, 3.63) is 66.2 Å². The summed E-state index contributed by atoms with van der Waals surface area (Å²) < 4.78 is 7.88. The summed E-state index contributed by atoms with van der Waals surface area (Å²) >= 11 is 1.66. The first kappa shape index (κ1) is 15.0. The Morgan fingerprint density at radius 2 is 1.79 bits per heavy atom. The molecule has 0 aliphatic rings. The van der Waals surface area contributed by atoms with Crippen molar-refractivity contribution in [1.82, 2.24) is 14.6 Å². The van der Waals surface area contributed by atoms with Crippen LogP contribution in [0.5, 0.6) is 5.75 Å². The van der Waals surface area contributed by atoms with E-state index < -0.39 is 0 Å². The molecule has 0 saturated heterocycles. The lowest BCUT2D eigenvalue weighted by molar-refractivity contribution is 0.344. The third-order valence-corrected chi connectivity index (χ3v) is 4.75. The molecule has 0 aliphatic heterocycles. The summed E-state index contributed by atoms with van der Waals surface area (Å²) in [5.41, 5.74) is 3.23. The van der Waals surface area contributed by atoms with Crippen LogP contribution in [0.3, 0.4) is 0 Å². The minimum absolute atomic E-state index is 0.632. The molecule has 120 valence electrons. The van der Waals surface area contributed by atoms with Crippen LogP contribution in [0.25, 0.3) is 16.6 Å². The highest BCUT2D eigenvalue weighted by molar-refractivity contribution is 7.99. The Bertz CT molecular complexity index is 979. The summed E-state index contributed by atoms with van der Waals surface area (Å²) in [6.07, 6.45) is 0. The molecule has 0 spiro atoms. The molecule has 5 heteroatoms. The van der Waals surface area contributed by atoms with Crippen molar-refractivity contribution in [3.8, 4) is 5.75 Å². The molecule has 4 aromatic rings. The van der Waals surface area contributed by atoms with Gasteiger partial charge in [-0.05, 0) is 42.6 Å². The Balaban J connectivity index is 1.48. The maximum atomic E-state index is 5.78. The maximum Gasteiger partial charge on any atom is 0.196 e. The van der Waals surface area contributed by atoms with Gasteiger partial charge >= 0.3 is 0 Å². The zero-order valence-electron chi connectivity index (χ0n) is 13.3. The average molecular weight is 335 g/mol. The number of aromatic nitrogens is 3. The molecule has 2 aromatic carbocycles. The van der Waals surface area contributed by atoms with Gasteiger partial charge in [-0.3, -0.25) is 4.40 Å². The summed E-state index contributed by atoms with van der Waals surface area (Å²) in [6, 6.07) is 20.5. The molecule has 4 rings (SSSR count). The number of aryl methyl sites for hydroxylation is 1. The molecule has 0 saturated carbocycles. The summed E-state index contributed by atoms with van der Waals surface area (Å²) in [7, 11) is 0. The van der Waals surface area contributed by atoms with Gasteiger partial charge in [-0.1, -0.05) is 47.7 Å². The molecular weight excluding hydrogens is 318 g/mol. The first-order chi connectivity index (χ1) is 11.8. The minimum Gasteiger partial charge on any atom is -0.493 e. The molecular formula is C19H17N3OS. The predicted octanol–water partition coefficient (Wildman–Crippen LogP) is 4.36. The Kier molecular flexibility index (Phi) is 4.09. The molecule has 24 heavy (non-hydrogen) atoms. The number of fused-ring (bicyclic) bond motifs is 3. The summed E-state index contributed by atoms with van der Waals surface area (Å²) in [5, 5.41) is 10.7. The highest BCUT2D eigenvalue weighted by atomic mass is 32.2. The zero-order valence-corrected chi connectivity index (χ0v) is 14.2. The van der Waals surface area contributed by atoms with Crippen molar-refractivity contribution < 1.29 is 4.74 Å². The second kappa shape index (κ2) is 6.53. The van der Waals surface area contributed by atoms with E-state index in [1.165, 1.54) is 10.9 Å². The van der Waals surface area contributed by atoms with Crippen LogP contribution in [0.2, 0.25) is 0 Å². The minimum atomic E-state index is 0.632. The van der Waals surface area contributed by atoms with Crippen molar-refractivity contribution >= 4 is 28.3 Å². The van der Waals surface area contributed by atoms with Crippen LogP contribution < -0.4 is 4.74 Å². The van der Waals surface area contributed by atoms with E-state index >= 15 is 0 Å². The van der Waals surface area contributed by atoms with Gasteiger partial charge in [0.1, 0.15) is 5.75 Å². The van der Waals surface area contributed by atoms with Crippen molar-refractivity contribution in [2.75, 3.05) is 12.4 Å². The summed E-state index contributed by atoms with van der Waals surface area (Å²) in [4.78, 5) is 0. The van der Waals surface area contributed by atoms with Gasteiger partial charge in [-0.2, -0.15) is 0 Å². The number of hydrogen-bond donors (Lipinski definition) is 0. The van der Waals surface area contributed by atoms with Gasteiger partial charge in [0.2, 0.25) is 0 Å². The van der Waals surface area contributed by atoms with Crippen molar-refractivity contribution in [3.63, 3.8) is 0 Å². The van der Waals surface area contributed by atoms with Gasteiger partial charge in [-0.25, -0.2) is 0 Å². The Labute approximate surface area is 144 Å². The van der Waals surface area contributed by atoms with Gasteiger partial charge in [0.05, 0.1) is 12.1 Å². The molecule has 2 heterocycles. The van der Waals surface area contributed by atoms with Crippen LogP contribution >= 0.6 is 11.8 Å². The fourth-order valence-corrected chi connectivity index (χ4v) is 3.40. The van der Waals surface area contributed by atoms with Crippen LogP contribution in [0.1, 0.15) is 5.56 Å². The summed E-state index contributed by atoms with van der Waals surface area (Å²) in [6.45, 7) is 2.70. The van der Waals surface area contributed by atoms with Gasteiger partial charge in [0.15, 0.2) is 10.8 Å². The molecule has 0 aliphatic carbocycles. The number of pyridine rings is 1. The molecule has 2 aromatic heterocycles. The molecule has 4 nitrogen and oxygen atoms in total. The van der Waals surface area contributed by atoms with E-state index in [9.17, 15) is 0 Å². The predicted molar refractivity (Wildman–Crippen MR) is 97.9 cm³/mol. The van der Waals surface area contributed by atoms with Crippen molar-refractivity contribution in [2.24, 2.45) is 0 Å². The van der Waals surface area contributed by atoms with E-state index in [2.05, 4.69) is 51.9 Å². The molecule has 0 unspecified atom stereocenters. The van der Waals surface area contributed by atoms with Crippen LogP contribution in [0, 0.1) is 6.92 Å². The maximum absolute atomic E-state index is 5.78. The van der Waals surface area contributed by atoms with Crippen LogP contribution in [-0.4, -0.2) is 27.0 Å². The number of thioether (sulfide) groups is 1. The van der Waals surface area contributed by atoms with E-state index in [0.29, 0.717) is 6.61 Å². The van der Waals surface area contributed by atoms with E-state index in [4.69, 9.17) is 4.74 Å². The number of benzene rings is 2. The third-order valence-electron chi connectivity index (χ3n) is 3.85. The number of para-hydroxylation sites is 1. The number of ether oxygens (including phenoxy) is 1. The molecule has 0 amide bonds. The average Bonchev–Trinajstić information content (AvgIpc) is 3.04. The second-order valence-electron chi connectivity index (χ2n) is 5.58. The monoisotopic (exact) mass is 335 g/mol. The number of rotatable bonds is 5.